The van der Waals surface area contributed by atoms with Crippen LogP contribution in [0.1, 0.15) is 33.6 Å². The smallest absolute Gasteiger partial charge is 0.0582 e. The Morgan fingerprint density at radius 3 is 1.55 bits per heavy atom. The standard InChI is InChI=1S/C8H21N3/c1-4-7(9)11(6-3)8(10)5-2/h7-8H,4-6,9-10H2,1-3H3. The van der Waals surface area contributed by atoms with Gasteiger partial charge in [-0.05, 0) is 19.4 Å². The minimum Gasteiger partial charge on any atom is -0.316 e. The molecular weight excluding hydrogens is 138 g/mol. The molecule has 0 saturated heterocycles. The lowest BCUT2D eigenvalue weighted by molar-refractivity contribution is 0.139. The number of hydrogen-bond acceptors (Lipinski definition) is 3. The van der Waals surface area contributed by atoms with Gasteiger partial charge in [0.2, 0.25) is 0 Å². The molecule has 0 fully saturated rings. The highest BCUT2D eigenvalue weighted by molar-refractivity contribution is 4.67. The summed E-state index contributed by atoms with van der Waals surface area (Å²) in [5, 5.41) is 0. The number of hydrogen-bond donors (Lipinski definition) is 2. The molecule has 0 aromatic carbocycles. The Morgan fingerprint density at radius 2 is 1.36 bits per heavy atom. The zero-order valence-corrected chi connectivity index (χ0v) is 7.88. The Hall–Kier alpha value is -0.120. The Kier molecular flexibility index (Phi) is 5.46. The van der Waals surface area contributed by atoms with Crippen LogP contribution in [0.2, 0.25) is 0 Å². The van der Waals surface area contributed by atoms with Gasteiger partial charge >= 0.3 is 0 Å². The molecule has 0 aromatic heterocycles. The Bertz CT molecular complexity index is 85.3. The summed E-state index contributed by atoms with van der Waals surface area (Å²) < 4.78 is 0. The highest BCUT2D eigenvalue weighted by atomic mass is 15.3. The van der Waals surface area contributed by atoms with Gasteiger partial charge in [0.25, 0.3) is 0 Å². The molecule has 4 N–H and O–H groups in total. The van der Waals surface area contributed by atoms with Gasteiger partial charge in [0.1, 0.15) is 0 Å². The third-order valence-corrected chi connectivity index (χ3v) is 2.05. The van der Waals surface area contributed by atoms with E-state index in [-0.39, 0.29) is 12.3 Å². The molecule has 0 spiro atoms. The van der Waals surface area contributed by atoms with E-state index in [2.05, 4.69) is 25.7 Å². The lowest BCUT2D eigenvalue weighted by Gasteiger charge is -2.31. The van der Waals surface area contributed by atoms with Crippen LogP contribution in [0.15, 0.2) is 0 Å². The monoisotopic (exact) mass is 159 g/mol. The van der Waals surface area contributed by atoms with Crippen molar-refractivity contribution in [2.45, 2.75) is 45.9 Å². The summed E-state index contributed by atoms with van der Waals surface area (Å²) >= 11 is 0. The Balaban J connectivity index is 3.92. The van der Waals surface area contributed by atoms with E-state index in [1.165, 1.54) is 0 Å². The van der Waals surface area contributed by atoms with E-state index in [1.54, 1.807) is 0 Å². The van der Waals surface area contributed by atoms with Crippen molar-refractivity contribution in [2.75, 3.05) is 6.54 Å². The van der Waals surface area contributed by atoms with E-state index in [0.29, 0.717) is 0 Å². The van der Waals surface area contributed by atoms with Crippen molar-refractivity contribution in [1.29, 1.82) is 0 Å². The minimum absolute atomic E-state index is 0.120. The van der Waals surface area contributed by atoms with E-state index in [0.717, 1.165) is 19.4 Å². The van der Waals surface area contributed by atoms with Crippen LogP contribution in [0.3, 0.4) is 0 Å². The first-order valence-corrected chi connectivity index (χ1v) is 4.44. The molecule has 2 atom stereocenters. The van der Waals surface area contributed by atoms with Crippen molar-refractivity contribution in [3.8, 4) is 0 Å². The topological polar surface area (TPSA) is 55.3 Å². The molecule has 0 bridgehead atoms. The first kappa shape index (κ1) is 10.9. The van der Waals surface area contributed by atoms with Crippen LogP contribution in [0.5, 0.6) is 0 Å². The minimum atomic E-state index is 0.120. The molecule has 0 radical (unpaired) electrons. The number of rotatable bonds is 5. The van der Waals surface area contributed by atoms with Gasteiger partial charge in [-0.2, -0.15) is 0 Å². The molecule has 3 nitrogen and oxygen atoms in total. The summed E-state index contributed by atoms with van der Waals surface area (Å²) in [6.07, 6.45) is 2.16. The largest absolute Gasteiger partial charge is 0.316 e. The summed E-state index contributed by atoms with van der Waals surface area (Å²) in [5.74, 6) is 0. The summed E-state index contributed by atoms with van der Waals surface area (Å²) in [7, 11) is 0. The third kappa shape index (κ3) is 3.18. The quantitative estimate of drug-likeness (QED) is 0.580. The van der Waals surface area contributed by atoms with Crippen LogP contribution >= 0.6 is 0 Å². The highest BCUT2D eigenvalue weighted by Gasteiger charge is 2.15. The van der Waals surface area contributed by atoms with Crippen LogP contribution < -0.4 is 11.5 Å². The fourth-order valence-corrected chi connectivity index (χ4v) is 1.18. The van der Waals surface area contributed by atoms with Crippen molar-refractivity contribution in [2.24, 2.45) is 11.5 Å². The Morgan fingerprint density at radius 1 is 1.00 bits per heavy atom. The Labute approximate surface area is 69.7 Å². The molecule has 2 unspecified atom stereocenters. The summed E-state index contributed by atoms with van der Waals surface area (Å²) in [4.78, 5) is 2.12. The maximum Gasteiger partial charge on any atom is 0.0582 e. The normalized spacial score (nSPS) is 16.9. The zero-order chi connectivity index (χ0) is 8.85. The maximum absolute atomic E-state index is 5.85. The molecule has 0 amide bonds. The predicted molar refractivity (Wildman–Crippen MR) is 48.9 cm³/mol. The average Bonchev–Trinajstić information content (AvgIpc) is 2.05. The molecule has 0 aliphatic rings. The van der Waals surface area contributed by atoms with Gasteiger partial charge in [0.05, 0.1) is 12.3 Å². The van der Waals surface area contributed by atoms with Crippen LogP contribution in [0.25, 0.3) is 0 Å². The van der Waals surface area contributed by atoms with E-state index in [4.69, 9.17) is 11.5 Å². The summed E-state index contributed by atoms with van der Waals surface area (Å²) in [6, 6.07) is 0. The van der Waals surface area contributed by atoms with Gasteiger partial charge in [0.15, 0.2) is 0 Å². The predicted octanol–water partition coefficient (Wildman–Crippen LogP) is 0.698. The van der Waals surface area contributed by atoms with E-state index < -0.39 is 0 Å². The zero-order valence-electron chi connectivity index (χ0n) is 7.88. The molecule has 68 valence electrons. The maximum atomic E-state index is 5.85. The lowest BCUT2D eigenvalue weighted by atomic mass is 10.2. The van der Waals surface area contributed by atoms with Crippen LogP contribution in [-0.2, 0) is 0 Å². The van der Waals surface area contributed by atoms with Crippen LogP contribution in [0.4, 0.5) is 0 Å². The van der Waals surface area contributed by atoms with Gasteiger partial charge < -0.3 is 11.5 Å². The van der Waals surface area contributed by atoms with Crippen molar-refractivity contribution in [3.63, 3.8) is 0 Å². The second kappa shape index (κ2) is 5.52. The van der Waals surface area contributed by atoms with Crippen molar-refractivity contribution < 1.29 is 0 Å². The second-order valence-electron chi connectivity index (χ2n) is 2.78. The van der Waals surface area contributed by atoms with Crippen molar-refractivity contribution in [1.82, 2.24) is 4.90 Å². The second-order valence-corrected chi connectivity index (χ2v) is 2.78. The van der Waals surface area contributed by atoms with Crippen molar-refractivity contribution >= 4 is 0 Å². The summed E-state index contributed by atoms with van der Waals surface area (Å²) in [5.41, 5.74) is 11.7. The first-order valence-electron chi connectivity index (χ1n) is 4.44. The van der Waals surface area contributed by atoms with E-state index in [1.807, 2.05) is 0 Å². The molecule has 0 rings (SSSR count). The molecule has 0 aliphatic heterocycles. The molecule has 0 aromatic rings. The van der Waals surface area contributed by atoms with E-state index in [9.17, 15) is 0 Å². The van der Waals surface area contributed by atoms with E-state index >= 15 is 0 Å². The van der Waals surface area contributed by atoms with Crippen LogP contribution in [-0.4, -0.2) is 23.8 Å². The number of nitrogens with zero attached hydrogens (tertiary/aromatic N) is 1. The summed E-state index contributed by atoms with van der Waals surface area (Å²) in [6.45, 7) is 7.18. The van der Waals surface area contributed by atoms with Gasteiger partial charge in [-0.1, -0.05) is 20.8 Å². The fraction of sp³-hybridized carbons (Fsp3) is 1.00. The molecule has 0 aliphatic carbocycles. The molecule has 3 heteroatoms. The van der Waals surface area contributed by atoms with Gasteiger partial charge in [0, 0.05) is 0 Å². The van der Waals surface area contributed by atoms with Crippen molar-refractivity contribution in [3.05, 3.63) is 0 Å². The molecule has 0 heterocycles. The number of nitrogens with two attached hydrogens (primary N) is 2. The fourth-order valence-electron chi connectivity index (χ4n) is 1.18. The lowest BCUT2D eigenvalue weighted by Crippen LogP contribution is -2.51. The van der Waals surface area contributed by atoms with Gasteiger partial charge in [-0.15, -0.1) is 0 Å². The third-order valence-electron chi connectivity index (χ3n) is 2.05. The molecule has 0 saturated carbocycles. The SMILES string of the molecule is CCC(N)N(CC)C(N)CC. The van der Waals surface area contributed by atoms with Crippen LogP contribution in [0, 0.1) is 0 Å². The molecular formula is C8H21N3. The average molecular weight is 159 g/mol. The van der Waals surface area contributed by atoms with Gasteiger partial charge in [-0.25, -0.2) is 0 Å². The van der Waals surface area contributed by atoms with Gasteiger partial charge in [-0.3, -0.25) is 4.90 Å². The molecule has 11 heavy (non-hydrogen) atoms. The highest BCUT2D eigenvalue weighted by Crippen LogP contribution is 2.02. The first-order chi connectivity index (χ1) is 5.17.